The van der Waals surface area contributed by atoms with Crippen molar-refractivity contribution in [3.63, 3.8) is 0 Å². The topological polar surface area (TPSA) is 20.2 Å². The molecule has 10 heavy (non-hydrogen) atoms. The molecule has 0 bridgehead atoms. The standard InChI is InChI=1S/C9H19O/c1-5-8(4)9(10,6-2)7-3/h8,10H,4-7H2,1-3H3. The second kappa shape index (κ2) is 3.97. The first-order valence-corrected chi connectivity index (χ1v) is 4.16. The van der Waals surface area contributed by atoms with E-state index < -0.39 is 5.60 Å². The van der Waals surface area contributed by atoms with Crippen LogP contribution in [0.3, 0.4) is 0 Å². The van der Waals surface area contributed by atoms with Gasteiger partial charge in [0.25, 0.3) is 0 Å². The Hall–Kier alpha value is -0.0400. The van der Waals surface area contributed by atoms with Gasteiger partial charge in [0.15, 0.2) is 0 Å². The van der Waals surface area contributed by atoms with Crippen LogP contribution >= 0.6 is 0 Å². The van der Waals surface area contributed by atoms with Gasteiger partial charge in [0.1, 0.15) is 0 Å². The summed E-state index contributed by atoms with van der Waals surface area (Å²) < 4.78 is 0. The van der Waals surface area contributed by atoms with Crippen molar-refractivity contribution in [3.05, 3.63) is 6.92 Å². The molecule has 61 valence electrons. The van der Waals surface area contributed by atoms with Crippen molar-refractivity contribution in [1.82, 2.24) is 0 Å². The second-order valence-electron chi connectivity index (χ2n) is 2.92. The maximum Gasteiger partial charge on any atom is 0.0670 e. The Balaban J connectivity index is 4.02. The van der Waals surface area contributed by atoms with Crippen LogP contribution in [0.1, 0.15) is 40.0 Å². The molecule has 1 atom stereocenters. The molecule has 1 unspecified atom stereocenters. The van der Waals surface area contributed by atoms with Crippen LogP contribution in [0.4, 0.5) is 0 Å². The smallest absolute Gasteiger partial charge is 0.0670 e. The lowest BCUT2D eigenvalue weighted by atomic mass is 9.83. The zero-order chi connectivity index (χ0) is 8.20. The van der Waals surface area contributed by atoms with Crippen molar-refractivity contribution < 1.29 is 5.11 Å². The van der Waals surface area contributed by atoms with Crippen molar-refractivity contribution in [2.45, 2.75) is 45.6 Å². The molecule has 0 saturated heterocycles. The Morgan fingerprint density at radius 3 is 1.80 bits per heavy atom. The van der Waals surface area contributed by atoms with E-state index in [4.69, 9.17) is 0 Å². The summed E-state index contributed by atoms with van der Waals surface area (Å²) in [5.41, 5.74) is -0.519. The van der Waals surface area contributed by atoms with Crippen LogP contribution in [-0.2, 0) is 0 Å². The third-order valence-electron chi connectivity index (χ3n) is 2.48. The highest BCUT2D eigenvalue weighted by atomic mass is 16.3. The van der Waals surface area contributed by atoms with Gasteiger partial charge in [-0.3, -0.25) is 0 Å². The summed E-state index contributed by atoms with van der Waals surface area (Å²) in [6.07, 6.45) is 2.58. The summed E-state index contributed by atoms with van der Waals surface area (Å²) in [5.74, 6) is 0.183. The van der Waals surface area contributed by atoms with Gasteiger partial charge in [-0.1, -0.05) is 27.2 Å². The minimum Gasteiger partial charge on any atom is -0.390 e. The van der Waals surface area contributed by atoms with Gasteiger partial charge in [0.2, 0.25) is 0 Å². The maximum absolute atomic E-state index is 9.83. The Morgan fingerprint density at radius 1 is 1.30 bits per heavy atom. The Kier molecular flexibility index (Phi) is 3.95. The molecule has 1 radical (unpaired) electrons. The van der Waals surface area contributed by atoms with Crippen LogP contribution in [0.15, 0.2) is 0 Å². The van der Waals surface area contributed by atoms with Crippen molar-refractivity contribution >= 4 is 0 Å². The molecule has 0 aromatic carbocycles. The monoisotopic (exact) mass is 143 g/mol. The molecular formula is C9H19O. The van der Waals surface area contributed by atoms with Crippen LogP contribution in [0, 0.1) is 12.8 Å². The average molecular weight is 143 g/mol. The van der Waals surface area contributed by atoms with Gasteiger partial charge in [0, 0.05) is 0 Å². The van der Waals surface area contributed by atoms with Crippen LogP contribution in [0.5, 0.6) is 0 Å². The summed E-state index contributed by atoms with van der Waals surface area (Å²) in [6.45, 7) is 10.0. The van der Waals surface area contributed by atoms with Crippen LogP contribution in [0.2, 0.25) is 0 Å². The highest BCUT2D eigenvalue weighted by molar-refractivity contribution is 4.84. The average Bonchev–Trinajstić information content (AvgIpc) is 2.01. The van der Waals surface area contributed by atoms with Crippen molar-refractivity contribution in [2.75, 3.05) is 0 Å². The summed E-state index contributed by atoms with van der Waals surface area (Å²) in [6, 6.07) is 0. The molecule has 0 spiro atoms. The molecule has 0 aliphatic heterocycles. The van der Waals surface area contributed by atoms with E-state index >= 15 is 0 Å². The summed E-state index contributed by atoms with van der Waals surface area (Å²) in [7, 11) is 0. The lowest BCUT2D eigenvalue weighted by Gasteiger charge is -2.31. The lowest BCUT2D eigenvalue weighted by Crippen LogP contribution is -2.34. The van der Waals surface area contributed by atoms with Gasteiger partial charge in [-0.15, -0.1) is 0 Å². The number of aliphatic hydroxyl groups is 1. The minimum atomic E-state index is -0.519. The first kappa shape index (κ1) is 9.96. The molecule has 0 aromatic heterocycles. The van der Waals surface area contributed by atoms with E-state index in [9.17, 15) is 5.11 Å². The van der Waals surface area contributed by atoms with Gasteiger partial charge >= 0.3 is 0 Å². The fourth-order valence-corrected chi connectivity index (χ4v) is 1.21. The molecule has 1 nitrogen and oxygen atoms in total. The highest BCUT2D eigenvalue weighted by Crippen LogP contribution is 2.26. The molecule has 1 N–H and O–H groups in total. The van der Waals surface area contributed by atoms with E-state index in [1.807, 2.05) is 13.8 Å². The zero-order valence-electron chi connectivity index (χ0n) is 7.35. The van der Waals surface area contributed by atoms with Gasteiger partial charge in [0.05, 0.1) is 5.60 Å². The van der Waals surface area contributed by atoms with Gasteiger partial charge in [-0.05, 0) is 25.7 Å². The van der Waals surface area contributed by atoms with Gasteiger partial charge in [-0.25, -0.2) is 0 Å². The lowest BCUT2D eigenvalue weighted by molar-refractivity contribution is -0.0104. The van der Waals surface area contributed by atoms with Crippen molar-refractivity contribution in [3.8, 4) is 0 Å². The number of hydrogen-bond donors (Lipinski definition) is 1. The molecular weight excluding hydrogens is 124 g/mol. The molecule has 0 rings (SSSR count). The van der Waals surface area contributed by atoms with Crippen LogP contribution in [-0.4, -0.2) is 10.7 Å². The maximum atomic E-state index is 9.83. The largest absolute Gasteiger partial charge is 0.390 e. The predicted molar refractivity (Wildman–Crippen MR) is 44.7 cm³/mol. The normalized spacial score (nSPS) is 15.3. The molecule has 0 heterocycles. The summed E-state index contributed by atoms with van der Waals surface area (Å²) >= 11 is 0. The molecule has 1 heteroatoms. The molecule has 0 aromatic rings. The predicted octanol–water partition coefficient (Wildman–Crippen LogP) is 2.40. The first-order valence-electron chi connectivity index (χ1n) is 4.16. The Labute approximate surface area is 64.5 Å². The minimum absolute atomic E-state index is 0.183. The van der Waals surface area contributed by atoms with E-state index in [2.05, 4.69) is 13.8 Å². The van der Waals surface area contributed by atoms with Crippen molar-refractivity contribution in [1.29, 1.82) is 0 Å². The molecule has 0 aliphatic rings. The molecule has 0 saturated carbocycles. The first-order chi connectivity index (χ1) is 4.60. The second-order valence-corrected chi connectivity index (χ2v) is 2.92. The van der Waals surface area contributed by atoms with Gasteiger partial charge in [-0.2, -0.15) is 0 Å². The van der Waals surface area contributed by atoms with E-state index in [0.29, 0.717) is 0 Å². The highest BCUT2D eigenvalue weighted by Gasteiger charge is 2.27. The van der Waals surface area contributed by atoms with Crippen LogP contribution in [0.25, 0.3) is 0 Å². The number of rotatable bonds is 4. The van der Waals surface area contributed by atoms with E-state index in [1.54, 1.807) is 0 Å². The Bertz CT molecular complexity index is 84.7. The summed E-state index contributed by atoms with van der Waals surface area (Å²) in [5, 5.41) is 9.83. The van der Waals surface area contributed by atoms with E-state index in [-0.39, 0.29) is 5.92 Å². The quantitative estimate of drug-likeness (QED) is 0.640. The zero-order valence-corrected chi connectivity index (χ0v) is 7.35. The third kappa shape index (κ3) is 1.98. The fourth-order valence-electron chi connectivity index (χ4n) is 1.21. The third-order valence-corrected chi connectivity index (χ3v) is 2.48. The fraction of sp³-hybridized carbons (Fsp3) is 0.889. The van der Waals surface area contributed by atoms with Gasteiger partial charge < -0.3 is 5.11 Å². The van der Waals surface area contributed by atoms with E-state index in [0.717, 1.165) is 19.3 Å². The molecule has 0 fully saturated rings. The molecule has 0 amide bonds. The number of hydrogen-bond acceptors (Lipinski definition) is 1. The van der Waals surface area contributed by atoms with E-state index in [1.165, 1.54) is 0 Å². The summed E-state index contributed by atoms with van der Waals surface area (Å²) in [4.78, 5) is 0. The van der Waals surface area contributed by atoms with Crippen LogP contribution < -0.4 is 0 Å². The SMILES string of the molecule is [CH2]C(CC)C(O)(CC)CC. The van der Waals surface area contributed by atoms with Crippen molar-refractivity contribution in [2.24, 2.45) is 5.92 Å². The Morgan fingerprint density at radius 2 is 1.70 bits per heavy atom. The molecule has 0 aliphatic carbocycles.